The second kappa shape index (κ2) is 7.99. The number of rotatable bonds is 6. The fourth-order valence-electron chi connectivity index (χ4n) is 2.90. The van der Waals surface area contributed by atoms with Crippen molar-refractivity contribution in [2.75, 3.05) is 6.54 Å². The molecule has 0 spiro atoms. The van der Waals surface area contributed by atoms with E-state index in [0.29, 0.717) is 24.7 Å². The summed E-state index contributed by atoms with van der Waals surface area (Å²) in [5, 5.41) is 17.4. The minimum absolute atomic E-state index is 0.0108. The number of hydrogen-bond acceptors (Lipinski definition) is 7. The summed E-state index contributed by atoms with van der Waals surface area (Å²) in [5.74, 6) is 2.18. The Bertz CT molecular complexity index is 728. The van der Waals surface area contributed by atoms with Gasteiger partial charge in [0, 0.05) is 26.4 Å². The molecule has 8 nitrogen and oxygen atoms in total. The average molecular weight is 364 g/mol. The van der Waals surface area contributed by atoms with Crippen LogP contribution < -0.4 is 0 Å². The molecule has 9 heteroatoms. The molecule has 0 aromatic carbocycles. The quantitative estimate of drug-likeness (QED) is 0.728. The van der Waals surface area contributed by atoms with E-state index in [1.807, 2.05) is 11.8 Å². The lowest BCUT2D eigenvalue weighted by Gasteiger charge is -2.20. The average Bonchev–Trinajstić information content (AvgIpc) is 3.13. The maximum Gasteiger partial charge on any atom is 0.229 e. The topological polar surface area (TPSA) is 89.9 Å². The highest BCUT2D eigenvalue weighted by Gasteiger charge is 2.22. The van der Waals surface area contributed by atoms with E-state index in [1.165, 1.54) is 11.8 Å². The van der Waals surface area contributed by atoms with Crippen molar-refractivity contribution in [2.24, 2.45) is 0 Å². The van der Waals surface area contributed by atoms with Gasteiger partial charge in [0.1, 0.15) is 0 Å². The molecule has 3 heterocycles. The lowest BCUT2D eigenvalue weighted by atomic mass is 10.2. The lowest BCUT2D eigenvalue weighted by molar-refractivity contribution is -0.131. The van der Waals surface area contributed by atoms with E-state index >= 15 is 0 Å². The van der Waals surface area contributed by atoms with E-state index in [1.54, 1.807) is 6.92 Å². The molecule has 0 saturated carbocycles. The molecule has 0 radical (unpaired) electrons. The first-order valence-corrected chi connectivity index (χ1v) is 9.63. The zero-order valence-electron chi connectivity index (χ0n) is 14.9. The van der Waals surface area contributed by atoms with E-state index in [0.717, 1.165) is 43.3 Å². The highest BCUT2D eigenvalue weighted by atomic mass is 32.2. The van der Waals surface area contributed by atoms with Crippen LogP contribution in [0.3, 0.4) is 0 Å². The molecule has 2 aromatic rings. The third-order valence-corrected chi connectivity index (χ3v) is 5.35. The lowest BCUT2D eigenvalue weighted by Crippen LogP contribution is -2.31. The number of aryl methyl sites for hydroxylation is 1. The molecule has 1 atom stereocenters. The molecule has 0 aliphatic carbocycles. The largest absolute Gasteiger partial charge is 0.424 e. The smallest absolute Gasteiger partial charge is 0.229 e. The predicted molar refractivity (Wildman–Crippen MR) is 92.9 cm³/mol. The van der Waals surface area contributed by atoms with Crippen molar-refractivity contribution in [1.29, 1.82) is 0 Å². The number of amides is 1. The maximum atomic E-state index is 12.2. The second-order valence-corrected chi connectivity index (χ2v) is 7.50. The highest BCUT2D eigenvalue weighted by Crippen LogP contribution is 2.33. The van der Waals surface area contributed by atoms with Gasteiger partial charge in [0.25, 0.3) is 0 Å². The van der Waals surface area contributed by atoms with Gasteiger partial charge in [0.05, 0.1) is 11.8 Å². The predicted octanol–water partition coefficient (Wildman–Crippen LogP) is 2.75. The molecule has 1 saturated heterocycles. The first-order valence-electron chi connectivity index (χ1n) is 8.75. The third-order valence-electron chi connectivity index (χ3n) is 4.28. The Hall–Kier alpha value is -1.90. The van der Waals surface area contributed by atoms with Crippen LogP contribution in [0.4, 0.5) is 0 Å². The summed E-state index contributed by atoms with van der Waals surface area (Å²) in [6.07, 6.45) is 3.79. The zero-order valence-corrected chi connectivity index (χ0v) is 15.8. The monoisotopic (exact) mass is 364 g/mol. The molecule has 2 aromatic heterocycles. The van der Waals surface area contributed by atoms with Crippen LogP contribution >= 0.6 is 11.8 Å². The fourth-order valence-corrected chi connectivity index (χ4v) is 3.86. The number of likely N-dealkylation sites (tertiary alicyclic amines) is 1. The van der Waals surface area contributed by atoms with Crippen LogP contribution in [0.5, 0.6) is 0 Å². The molecule has 3 rings (SSSR count). The van der Waals surface area contributed by atoms with Crippen LogP contribution in [0.1, 0.15) is 62.4 Å². The zero-order chi connectivity index (χ0) is 17.8. The molecular weight excluding hydrogens is 340 g/mol. The van der Waals surface area contributed by atoms with Crippen molar-refractivity contribution in [1.82, 2.24) is 29.9 Å². The van der Waals surface area contributed by atoms with E-state index in [-0.39, 0.29) is 11.2 Å². The van der Waals surface area contributed by atoms with Gasteiger partial charge in [0.2, 0.25) is 17.7 Å². The standard InChI is InChI=1S/C16H24N6O2S/c1-4-22-13(10-21-9-7-5-6-8-14(21)23)18-20-16(22)25-11(2)15-19-17-12(3)24-15/h11H,4-10H2,1-3H3. The van der Waals surface area contributed by atoms with Crippen LogP contribution in [0.2, 0.25) is 0 Å². The summed E-state index contributed by atoms with van der Waals surface area (Å²) in [6, 6.07) is 0. The van der Waals surface area contributed by atoms with Gasteiger partial charge < -0.3 is 13.9 Å². The van der Waals surface area contributed by atoms with Crippen LogP contribution in [0, 0.1) is 6.92 Å². The van der Waals surface area contributed by atoms with Gasteiger partial charge in [-0.05, 0) is 26.7 Å². The normalized spacial score (nSPS) is 16.9. The van der Waals surface area contributed by atoms with E-state index in [2.05, 4.69) is 31.9 Å². The number of carbonyl (C=O) groups excluding carboxylic acids is 1. The van der Waals surface area contributed by atoms with Gasteiger partial charge in [-0.15, -0.1) is 20.4 Å². The van der Waals surface area contributed by atoms with Crippen molar-refractivity contribution >= 4 is 17.7 Å². The minimum atomic E-state index is -0.0108. The van der Waals surface area contributed by atoms with Gasteiger partial charge in [-0.25, -0.2) is 0 Å². The van der Waals surface area contributed by atoms with Crippen LogP contribution in [0.15, 0.2) is 9.57 Å². The molecule has 136 valence electrons. The molecule has 1 aliphatic heterocycles. The number of thioether (sulfide) groups is 1. The SMILES string of the molecule is CCn1c(CN2CCCCCC2=O)nnc1SC(C)c1nnc(C)o1. The van der Waals surface area contributed by atoms with Gasteiger partial charge in [-0.1, -0.05) is 18.2 Å². The number of nitrogens with zero attached hydrogens (tertiary/aromatic N) is 6. The highest BCUT2D eigenvalue weighted by molar-refractivity contribution is 7.99. The van der Waals surface area contributed by atoms with Crippen molar-refractivity contribution in [3.8, 4) is 0 Å². The Labute approximate surface area is 151 Å². The fraction of sp³-hybridized carbons (Fsp3) is 0.688. The molecule has 1 fully saturated rings. The van der Waals surface area contributed by atoms with Crippen molar-refractivity contribution in [3.63, 3.8) is 0 Å². The van der Waals surface area contributed by atoms with Gasteiger partial charge in [-0.3, -0.25) is 4.79 Å². The van der Waals surface area contributed by atoms with Crippen LogP contribution in [-0.2, 0) is 17.9 Å². The Morgan fingerprint density at radius 1 is 1.20 bits per heavy atom. The van der Waals surface area contributed by atoms with E-state index in [9.17, 15) is 4.79 Å². The minimum Gasteiger partial charge on any atom is -0.424 e. The Morgan fingerprint density at radius 3 is 2.76 bits per heavy atom. The van der Waals surface area contributed by atoms with Gasteiger partial charge in [-0.2, -0.15) is 0 Å². The summed E-state index contributed by atoms with van der Waals surface area (Å²) in [5.41, 5.74) is 0. The van der Waals surface area contributed by atoms with E-state index in [4.69, 9.17) is 4.42 Å². The van der Waals surface area contributed by atoms with Crippen LogP contribution in [-0.4, -0.2) is 42.3 Å². The Kier molecular flexibility index (Phi) is 5.72. The van der Waals surface area contributed by atoms with Crippen molar-refractivity contribution < 1.29 is 9.21 Å². The number of hydrogen-bond donors (Lipinski definition) is 0. The molecule has 0 N–H and O–H groups in total. The summed E-state index contributed by atoms with van der Waals surface area (Å²) >= 11 is 1.54. The summed E-state index contributed by atoms with van der Waals surface area (Å²) in [7, 11) is 0. The summed E-state index contributed by atoms with van der Waals surface area (Å²) in [6.45, 7) is 7.91. The maximum absolute atomic E-state index is 12.2. The molecule has 1 unspecified atom stereocenters. The van der Waals surface area contributed by atoms with Crippen molar-refractivity contribution in [2.45, 2.75) is 70.0 Å². The van der Waals surface area contributed by atoms with Crippen molar-refractivity contribution in [3.05, 3.63) is 17.6 Å². The first kappa shape index (κ1) is 17.9. The molecule has 0 bridgehead atoms. The molecule has 1 aliphatic rings. The Balaban J connectivity index is 1.73. The molecule has 25 heavy (non-hydrogen) atoms. The first-order chi connectivity index (χ1) is 12.1. The number of carbonyl (C=O) groups is 1. The van der Waals surface area contributed by atoms with E-state index < -0.39 is 0 Å². The number of aromatic nitrogens is 5. The molecular formula is C16H24N6O2S. The Morgan fingerprint density at radius 2 is 2.04 bits per heavy atom. The second-order valence-electron chi connectivity index (χ2n) is 6.19. The van der Waals surface area contributed by atoms with Gasteiger partial charge >= 0.3 is 0 Å². The third kappa shape index (κ3) is 4.20. The van der Waals surface area contributed by atoms with Gasteiger partial charge in [0.15, 0.2) is 11.0 Å². The summed E-state index contributed by atoms with van der Waals surface area (Å²) < 4.78 is 7.55. The van der Waals surface area contributed by atoms with Crippen LogP contribution in [0.25, 0.3) is 0 Å². The summed E-state index contributed by atoms with van der Waals surface area (Å²) in [4.78, 5) is 14.1. The molecule has 1 amide bonds.